The van der Waals surface area contributed by atoms with Gasteiger partial charge in [0.15, 0.2) is 0 Å². The molecule has 0 N–H and O–H groups in total. The lowest BCUT2D eigenvalue weighted by Crippen LogP contribution is -1.92. The first-order valence-corrected chi connectivity index (χ1v) is 6.27. The molecule has 0 radical (unpaired) electrons. The summed E-state index contributed by atoms with van der Waals surface area (Å²) in [5.41, 5.74) is 1.17. The zero-order valence-corrected chi connectivity index (χ0v) is 8.88. The van der Waals surface area contributed by atoms with E-state index in [9.17, 15) is 4.21 Å². The molecule has 0 aliphatic rings. The van der Waals surface area contributed by atoms with Gasteiger partial charge >= 0.3 is 0 Å². The topological polar surface area (TPSA) is 17.1 Å². The molecule has 0 saturated heterocycles. The molecule has 72 valence electrons. The van der Waals surface area contributed by atoms with Gasteiger partial charge in [-0.05, 0) is 16.3 Å². The smallest absolute Gasteiger partial charge is 0.0488 e. The third-order valence-corrected chi connectivity index (χ3v) is 2.96. The second kappa shape index (κ2) is 3.93. The van der Waals surface area contributed by atoms with Crippen LogP contribution in [0.4, 0.5) is 0 Å². The fraction of sp³-hybridized carbons (Fsp3) is 0.167. The summed E-state index contributed by atoms with van der Waals surface area (Å²) in [5, 5.41) is 2.43. The van der Waals surface area contributed by atoms with Gasteiger partial charge < -0.3 is 0 Å². The molecule has 0 saturated carbocycles. The van der Waals surface area contributed by atoms with Crippen molar-refractivity contribution in [2.24, 2.45) is 0 Å². The highest BCUT2D eigenvalue weighted by atomic mass is 32.2. The number of rotatable bonds is 2. The standard InChI is InChI=1S/C12H12OS/c1-14(13)9-11-7-4-6-10-5-2-3-8-12(10)11/h2-8H,9H2,1H3. The van der Waals surface area contributed by atoms with Crippen molar-refractivity contribution in [3.05, 3.63) is 48.0 Å². The van der Waals surface area contributed by atoms with Crippen LogP contribution in [-0.4, -0.2) is 10.5 Å². The second-order valence-electron chi connectivity index (χ2n) is 3.36. The van der Waals surface area contributed by atoms with Crippen LogP contribution < -0.4 is 0 Å². The molecule has 1 atom stereocenters. The van der Waals surface area contributed by atoms with Crippen LogP contribution in [0.15, 0.2) is 42.5 Å². The predicted octanol–water partition coefficient (Wildman–Crippen LogP) is 2.72. The van der Waals surface area contributed by atoms with Gasteiger partial charge in [0.2, 0.25) is 0 Å². The number of fused-ring (bicyclic) bond motifs is 1. The van der Waals surface area contributed by atoms with Crippen LogP contribution in [0, 0.1) is 0 Å². The lowest BCUT2D eigenvalue weighted by molar-refractivity contribution is 0.686. The summed E-state index contributed by atoms with van der Waals surface area (Å²) in [7, 11) is -0.773. The fourth-order valence-corrected chi connectivity index (χ4v) is 2.33. The molecule has 0 amide bonds. The largest absolute Gasteiger partial charge is 0.260 e. The maximum absolute atomic E-state index is 11.2. The van der Waals surface area contributed by atoms with Crippen molar-refractivity contribution in [1.82, 2.24) is 0 Å². The molecule has 2 heteroatoms. The first kappa shape index (κ1) is 9.41. The van der Waals surface area contributed by atoms with Gasteiger partial charge in [0, 0.05) is 22.8 Å². The van der Waals surface area contributed by atoms with E-state index in [1.807, 2.05) is 24.3 Å². The predicted molar refractivity (Wildman–Crippen MR) is 61.7 cm³/mol. The van der Waals surface area contributed by atoms with E-state index in [2.05, 4.69) is 18.2 Å². The molecule has 2 aromatic carbocycles. The van der Waals surface area contributed by atoms with Gasteiger partial charge in [0.1, 0.15) is 0 Å². The second-order valence-corrected chi connectivity index (χ2v) is 4.79. The van der Waals surface area contributed by atoms with E-state index < -0.39 is 10.8 Å². The minimum atomic E-state index is -0.773. The molecule has 0 aliphatic heterocycles. The van der Waals surface area contributed by atoms with Crippen LogP contribution in [0.3, 0.4) is 0 Å². The average molecular weight is 204 g/mol. The van der Waals surface area contributed by atoms with E-state index >= 15 is 0 Å². The van der Waals surface area contributed by atoms with Gasteiger partial charge in [-0.3, -0.25) is 4.21 Å². The molecule has 1 unspecified atom stereocenters. The Morgan fingerprint density at radius 1 is 1.07 bits per heavy atom. The zero-order chi connectivity index (χ0) is 9.97. The van der Waals surface area contributed by atoms with Gasteiger partial charge in [-0.25, -0.2) is 0 Å². The molecule has 0 fully saturated rings. The summed E-state index contributed by atoms with van der Waals surface area (Å²) in [4.78, 5) is 0. The zero-order valence-electron chi connectivity index (χ0n) is 8.07. The third-order valence-electron chi connectivity index (χ3n) is 2.24. The van der Waals surface area contributed by atoms with Crippen LogP contribution >= 0.6 is 0 Å². The summed E-state index contributed by atoms with van der Waals surface area (Å²) in [6.07, 6.45) is 1.74. The summed E-state index contributed by atoms with van der Waals surface area (Å²) >= 11 is 0. The van der Waals surface area contributed by atoms with Crippen LogP contribution in [0.25, 0.3) is 10.8 Å². The Kier molecular flexibility index (Phi) is 2.64. The lowest BCUT2D eigenvalue weighted by Gasteiger charge is -2.03. The Hall–Kier alpha value is -1.15. The SMILES string of the molecule is CS(=O)Cc1cccc2ccccc12. The molecular weight excluding hydrogens is 192 g/mol. The van der Waals surface area contributed by atoms with E-state index in [0.717, 1.165) is 0 Å². The fourth-order valence-electron chi connectivity index (χ4n) is 1.64. The Morgan fingerprint density at radius 2 is 1.79 bits per heavy atom. The van der Waals surface area contributed by atoms with Crippen molar-refractivity contribution in [3.8, 4) is 0 Å². The van der Waals surface area contributed by atoms with Gasteiger partial charge in [-0.2, -0.15) is 0 Å². The Balaban J connectivity index is 2.59. The van der Waals surface area contributed by atoms with Gasteiger partial charge in [0.25, 0.3) is 0 Å². The normalized spacial score (nSPS) is 12.9. The molecule has 0 aliphatic carbocycles. The van der Waals surface area contributed by atoms with Crippen LogP contribution in [0.2, 0.25) is 0 Å². The van der Waals surface area contributed by atoms with E-state index in [1.54, 1.807) is 6.26 Å². The highest BCUT2D eigenvalue weighted by Gasteiger charge is 2.01. The Labute approximate surface area is 86.2 Å². The van der Waals surface area contributed by atoms with Crippen molar-refractivity contribution < 1.29 is 4.21 Å². The summed E-state index contributed by atoms with van der Waals surface area (Å²) in [6.45, 7) is 0. The van der Waals surface area contributed by atoms with E-state index in [-0.39, 0.29) is 0 Å². The molecule has 2 rings (SSSR count). The number of hydrogen-bond acceptors (Lipinski definition) is 1. The van der Waals surface area contributed by atoms with Crippen molar-refractivity contribution in [2.75, 3.05) is 6.26 Å². The van der Waals surface area contributed by atoms with Crippen molar-refractivity contribution in [3.63, 3.8) is 0 Å². The van der Waals surface area contributed by atoms with Crippen molar-refractivity contribution in [2.45, 2.75) is 5.75 Å². The monoisotopic (exact) mass is 204 g/mol. The minimum absolute atomic E-state index is 0.640. The van der Waals surface area contributed by atoms with E-state index in [0.29, 0.717) is 5.75 Å². The van der Waals surface area contributed by atoms with Crippen molar-refractivity contribution >= 4 is 21.6 Å². The molecule has 0 aromatic heterocycles. The Morgan fingerprint density at radius 3 is 2.57 bits per heavy atom. The maximum Gasteiger partial charge on any atom is 0.0488 e. The quantitative estimate of drug-likeness (QED) is 0.735. The first-order valence-electron chi connectivity index (χ1n) is 4.54. The molecule has 0 spiro atoms. The number of hydrogen-bond donors (Lipinski definition) is 0. The summed E-state index contributed by atoms with van der Waals surface area (Å²) < 4.78 is 11.2. The van der Waals surface area contributed by atoms with Gasteiger partial charge in [0.05, 0.1) is 0 Å². The highest BCUT2D eigenvalue weighted by molar-refractivity contribution is 7.83. The first-order chi connectivity index (χ1) is 6.77. The Bertz CT molecular complexity index is 471. The van der Waals surface area contributed by atoms with E-state index in [4.69, 9.17) is 0 Å². The highest BCUT2D eigenvalue weighted by Crippen LogP contribution is 2.19. The van der Waals surface area contributed by atoms with Crippen LogP contribution in [0.5, 0.6) is 0 Å². The summed E-state index contributed by atoms with van der Waals surface area (Å²) in [5.74, 6) is 0.640. The van der Waals surface area contributed by atoms with Gasteiger partial charge in [-0.15, -0.1) is 0 Å². The van der Waals surface area contributed by atoms with Gasteiger partial charge in [-0.1, -0.05) is 42.5 Å². The third kappa shape index (κ3) is 1.85. The average Bonchev–Trinajstić information content (AvgIpc) is 2.18. The van der Waals surface area contributed by atoms with Crippen molar-refractivity contribution in [1.29, 1.82) is 0 Å². The molecule has 1 nitrogen and oxygen atoms in total. The number of benzene rings is 2. The molecule has 0 bridgehead atoms. The molecule has 0 heterocycles. The lowest BCUT2D eigenvalue weighted by atomic mass is 10.1. The minimum Gasteiger partial charge on any atom is -0.260 e. The maximum atomic E-state index is 11.2. The van der Waals surface area contributed by atoms with Crippen LogP contribution in [-0.2, 0) is 16.6 Å². The molecule has 14 heavy (non-hydrogen) atoms. The van der Waals surface area contributed by atoms with E-state index in [1.165, 1.54) is 16.3 Å². The molecular formula is C12H12OS. The summed E-state index contributed by atoms with van der Waals surface area (Å²) in [6, 6.07) is 14.3. The van der Waals surface area contributed by atoms with Crippen LogP contribution in [0.1, 0.15) is 5.56 Å². The molecule has 2 aromatic rings.